The van der Waals surface area contributed by atoms with E-state index in [0.29, 0.717) is 17.1 Å². The maximum absolute atomic E-state index is 13.1. The Morgan fingerprint density at radius 2 is 2.00 bits per heavy atom. The van der Waals surface area contributed by atoms with Gasteiger partial charge in [0.25, 0.3) is 0 Å². The Balaban J connectivity index is 2.11. The molecule has 0 saturated carbocycles. The van der Waals surface area contributed by atoms with Crippen LogP contribution in [-0.4, -0.2) is 0 Å². The summed E-state index contributed by atoms with van der Waals surface area (Å²) in [5.41, 5.74) is 2.52. The van der Waals surface area contributed by atoms with Crippen LogP contribution in [-0.2, 0) is 6.54 Å². The van der Waals surface area contributed by atoms with Crippen LogP contribution in [0, 0.1) is 12.7 Å². The van der Waals surface area contributed by atoms with Crippen LogP contribution < -0.4 is 5.32 Å². The van der Waals surface area contributed by atoms with Crippen molar-refractivity contribution in [3.8, 4) is 0 Å². The Labute approximate surface area is 119 Å². The molecule has 0 amide bonds. The average Bonchev–Trinajstić information content (AvgIpc) is 2.34. The Morgan fingerprint density at radius 3 is 2.72 bits per heavy atom. The molecule has 0 atom stereocenters. The summed E-state index contributed by atoms with van der Waals surface area (Å²) in [6.45, 7) is 2.36. The third-order valence-electron chi connectivity index (χ3n) is 2.63. The predicted octanol–water partition coefficient (Wildman–Crippen LogP) is 5.16. The maximum Gasteiger partial charge on any atom is 0.126 e. The van der Waals surface area contributed by atoms with Crippen molar-refractivity contribution < 1.29 is 4.39 Å². The minimum atomic E-state index is -0.181. The first-order valence-corrected chi connectivity index (χ1v) is 6.67. The van der Waals surface area contributed by atoms with Crippen LogP contribution in [0.25, 0.3) is 0 Å². The lowest BCUT2D eigenvalue weighted by atomic mass is 10.1. The summed E-state index contributed by atoms with van der Waals surface area (Å²) >= 11 is 9.47. The summed E-state index contributed by atoms with van der Waals surface area (Å²) in [7, 11) is 0. The van der Waals surface area contributed by atoms with E-state index < -0.39 is 0 Å². The van der Waals surface area contributed by atoms with Crippen LogP contribution >= 0.6 is 27.5 Å². The lowest BCUT2D eigenvalue weighted by Crippen LogP contribution is -2.00. The first-order chi connectivity index (χ1) is 8.56. The van der Waals surface area contributed by atoms with Crippen LogP contribution in [0.3, 0.4) is 0 Å². The van der Waals surface area contributed by atoms with Gasteiger partial charge in [-0.25, -0.2) is 4.39 Å². The molecule has 0 heterocycles. The number of benzene rings is 2. The molecule has 0 fully saturated rings. The van der Waals surface area contributed by atoms with Gasteiger partial charge in [-0.05, 0) is 42.3 Å². The molecule has 0 aliphatic rings. The van der Waals surface area contributed by atoms with Crippen LogP contribution in [0.4, 0.5) is 10.1 Å². The number of nitrogens with one attached hydrogen (secondary N) is 1. The quantitative estimate of drug-likeness (QED) is 0.820. The highest BCUT2D eigenvalue weighted by Gasteiger charge is 2.02. The van der Waals surface area contributed by atoms with Gasteiger partial charge in [0.15, 0.2) is 0 Å². The molecular weight excluding hydrogens is 317 g/mol. The maximum atomic E-state index is 13.1. The fourth-order valence-electron chi connectivity index (χ4n) is 1.65. The van der Waals surface area contributed by atoms with E-state index in [2.05, 4.69) is 21.2 Å². The van der Waals surface area contributed by atoms with Gasteiger partial charge in [0.05, 0.1) is 10.7 Å². The van der Waals surface area contributed by atoms with E-state index in [-0.39, 0.29) is 5.82 Å². The van der Waals surface area contributed by atoms with Gasteiger partial charge in [0, 0.05) is 11.0 Å². The van der Waals surface area contributed by atoms with Crippen LogP contribution in [0.5, 0.6) is 0 Å². The van der Waals surface area contributed by atoms with E-state index in [9.17, 15) is 4.39 Å². The second-order valence-corrected chi connectivity index (χ2v) is 5.38. The van der Waals surface area contributed by atoms with Gasteiger partial charge in [-0.1, -0.05) is 39.7 Å². The molecule has 0 spiro atoms. The van der Waals surface area contributed by atoms with E-state index in [1.807, 2.05) is 24.3 Å². The van der Waals surface area contributed by atoms with Gasteiger partial charge in [-0.3, -0.25) is 0 Å². The van der Waals surface area contributed by atoms with Crippen LogP contribution in [0.1, 0.15) is 11.1 Å². The van der Waals surface area contributed by atoms with Gasteiger partial charge in [-0.2, -0.15) is 0 Å². The minimum absolute atomic E-state index is 0.181. The first kappa shape index (κ1) is 13.4. The summed E-state index contributed by atoms with van der Waals surface area (Å²) in [5.74, 6) is -0.181. The average molecular weight is 329 g/mol. The highest BCUT2D eigenvalue weighted by atomic mass is 79.9. The summed E-state index contributed by atoms with van der Waals surface area (Å²) in [6.07, 6.45) is 0. The molecule has 2 rings (SSSR count). The topological polar surface area (TPSA) is 12.0 Å². The van der Waals surface area contributed by atoms with Crippen molar-refractivity contribution in [2.75, 3.05) is 5.32 Å². The number of halogens is 3. The molecule has 2 aromatic carbocycles. The molecule has 18 heavy (non-hydrogen) atoms. The van der Waals surface area contributed by atoms with Gasteiger partial charge in [0.2, 0.25) is 0 Å². The van der Waals surface area contributed by atoms with E-state index >= 15 is 0 Å². The summed E-state index contributed by atoms with van der Waals surface area (Å²) in [6, 6.07) is 10.7. The van der Waals surface area contributed by atoms with Gasteiger partial charge in [0.1, 0.15) is 5.82 Å². The molecular formula is C14H12BrClFN. The van der Waals surface area contributed by atoms with Crippen molar-refractivity contribution in [2.24, 2.45) is 0 Å². The second kappa shape index (κ2) is 5.72. The monoisotopic (exact) mass is 327 g/mol. The van der Waals surface area contributed by atoms with Crippen molar-refractivity contribution in [1.29, 1.82) is 0 Å². The molecule has 0 saturated heterocycles. The van der Waals surface area contributed by atoms with Crippen LogP contribution in [0.15, 0.2) is 40.9 Å². The molecule has 1 N–H and O–H groups in total. The summed E-state index contributed by atoms with van der Waals surface area (Å²) in [4.78, 5) is 0. The van der Waals surface area contributed by atoms with Crippen LogP contribution in [0.2, 0.25) is 5.02 Å². The van der Waals surface area contributed by atoms with E-state index in [1.54, 1.807) is 13.0 Å². The third-order valence-corrected chi connectivity index (χ3v) is 3.46. The Hall–Kier alpha value is -1.06. The molecule has 0 unspecified atom stereocenters. The predicted molar refractivity (Wildman–Crippen MR) is 77.6 cm³/mol. The zero-order valence-electron chi connectivity index (χ0n) is 9.81. The largest absolute Gasteiger partial charge is 0.380 e. The SMILES string of the molecule is Cc1cc(CNc2cc(Br)ccc2Cl)ccc1F. The molecule has 0 aromatic heterocycles. The highest BCUT2D eigenvalue weighted by molar-refractivity contribution is 9.10. The van der Waals surface area contributed by atoms with Crippen molar-refractivity contribution in [3.63, 3.8) is 0 Å². The molecule has 0 radical (unpaired) electrons. The number of anilines is 1. The van der Waals surface area contributed by atoms with Gasteiger partial charge >= 0.3 is 0 Å². The Kier molecular flexibility index (Phi) is 4.25. The lowest BCUT2D eigenvalue weighted by molar-refractivity contribution is 0.617. The van der Waals surface area contributed by atoms with Gasteiger partial charge in [-0.15, -0.1) is 0 Å². The normalized spacial score (nSPS) is 10.4. The molecule has 0 aliphatic heterocycles. The zero-order valence-corrected chi connectivity index (χ0v) is 12.1. The second-order valence-electron chi connectivity index (χ2n) is 4.06. The summed E-state index contributed by atoms with van der Waals surface area (Å²) in [5, 5.41) is 3.90. The highest BCUT2D eigenvalue weighted by Crippen LogP contribution is 2.26. The lowest BCUT2D eigenvalue weighted by Gasteiger charge is -2.09. The van der Waals surface area contributed by atoms with Crippen molar-refractivity contribution >= 4 is 33.2 Å². The van der Waals surface area contributed by atoms with Crippen molar-refractivity contribution in [1.82, 2.24) is 0 Å². The molecule has 0 aliphatic carbocycles. The fourth-order valence-corrected chi connectivity index (χ4v) is 2.19. The number of hydrogen-bond acceptors (Lipinski definition) is 1. The Morgan fingerprint density at radius 1 is 1.22 bits per heavy atom. The third kappa shape index (κ3) is 3.24. The van der Waals surface area contributed by atoms with E-state index in [1.165, 1.54) is 6.07 Å². The van der Waals surface area contributed by atoms with Crippen molar-refractivity contribution in [2.45, 2.75) is 13.5 Å². The summed E-state index contributed by atoms with van der Waals surface area (Å²) < 4.78 is 14.1. The number of hydrogen-bond donors (Lipinski definition) is 1. The van der Waals surface area contributed by atoms with E-state index in [0.717, 1.165) is 15.7 Å². The zero-order chi connectivity index (χ0) is 13.1. The first-order valence-electron chi connectivity index (χ1n) is 5.50. The fraction of sp³-hybridized carbons (Fsp3) is 0.143. The molecule has 1 nitrogen and oxygen atoms in total. The number of aryl methyl sites for hydroxylation is 1. The molecule has 94 valence electrons. The molecule has 0 bridgehead atoms. The minimum Gasteiger partial charge on any atom is -0.380 e. The number of rotatable bonds is 3. The Bertz CT molecular complexity index is 572. The van der Waals surface area contributed by atoms with Crippen molar-refractivity contribution in [3.05, 3.63) is 62.8 Å². The molecule has 4 heteroatoms. The van der Waals surface area contributed by atoms with Gasteiger partial charge < -0.3 is 5.32 Å². The smallest absolute Gasteiger partial charge is 0.126 e. The standard InChI is InChI=1S/C14H12BrClFN/c1-9-6-10(2-5-13(9)17)8-18-14-7-11(15)3-4-12(14)16/h2-7,18H,8H2,1H3. The molecule has 2 aromatic rings. The van der Waals surface area contributed by atoms with E-state index in [4.69, 9.17) is 11.6 Å².